The SMILES string of the molecule is CC[C@H](C(=O)N[C@H](C)C(C)C)N(c1ccc(F)c(Cl)c1)S(C)(=O)=O. The van der Waals surface area contributed by atoms with Crippen molar-refractivity contribution in [3.8, 4) is 0 Å². The van der Waals surface area contributed by atoms with E-state index in [0.29, 0.717) is 0 Å². The van der Waals surface area contributed by atoms with Crippen molar-refractivity contribution in [1.29, 1.82) is 0 Å². The largest absolute Gasteiger partial charge is 0.352 e. The van der Waals surface area contributed by atoms with E-state index in [0.717, 1.165) is 16.6 Å². The number of amides is 1. The maximum atomic E-state index is 13.4. The summed E-state index contributed by atoms with van der Waals surface area (Å²) in [6, 6.07) is 2.54. The molecule has 0 saturated carbocycles. The molecule has 0 saturated heterocycles. The van der Waals surface area contributed by atoms with Crippen LogP contribution < -0.4 is 9.62 Å². The first-order valence-corrected chi connectivity index (χ1v) is 9.96. The van der Waals surface area contributed by atoms with Crippen molar-refractivity contribution >= 4 is 33.2 Å². The molecule has 5 nitrogen and oxygen atoms in total. The fourth-order valence-corrected chi connectivity index (χ4v) is 3.55. The quantitative estimate of drug-likeness (QED) is 0.792. The lowest BCUT2D eigenvalue weighted by atomic mass is 10.1. The Morgan fingerprint density at radius 1 is 1.33 bits per heavy atom. The van der Waals surface area contributed by atoms with E-state index in [1.807, 2.05) is 20.8 Å². The Balaban J connectivity index is 3.27. The van der Waals surface area contributed by atoms with Gasteiger partial charge in [-0.2, -0.15) is 0 Å². The first kappa shape index (κ1) is 20.7. The van der Waals surface area contributed by atoms with Gasteiger partial charge in [0, 0.05) is 6.04 Å². The Morgan fingerprint density at radius 2 is 1.92 bits per heavy atom. The molecule has 2 atom stereocenters. The van der Waals surface area contributed by atoms with Crippen molar-refractivity contribution in [2.24, 2.45) is 5.92 Å². The van der Waals surface area contributed by atoms with Crippen molar-refractivity contribution < 1.29 is 17.6 Å². The standard InChI is InChI=1S/C16H24ClFN2O3S/c1-6-15(16(21)19-11(4)10(2)3)20(24(5,22)23)12-7-8-14(18)13(17)9-12/h7-11,15H,6H2,1-5H3,(H,19,21)/t11-,15-/m1/s1. The van der Waals surface area contributed by atoms with Crippen LogP contribution in [0.3, 0.4) is 0 Å². The summed E-state index contributed by atoms with van der Waals surface area (Å²) in [5, 5.41) is 2.62. The Bertz CT molecular complexity index is 695. The van der Waals surface area contributed by atoms with Gasteiger partial charge in [-0.05, 0) is 37.5 Å². The van der Waals surface area contributed by atoms with Crippen molar-refractivity contribution in [3.63, 3.8) is 0 Å². The first-order valence-electron chi connectivity index (χ1n) is 7.73. The highest BCUT2D eigenvalue weighted by Crippen LogP contribution is 2.27. The molecule has 0 spiro atoms. The summed E-state index contributed by atoms with van der Waals surface area (Å²) in [7, 11) is -3.77. The van der Waals surface area contributed by atoms with Gasteiger partial charge in [-0.3, -0.25) is 9.10 Å². The van der Waals surface area contributed by atoms with Crippen molar-refractivity contribution in [3.05, 3.63) is 29.0 Å². The van der Waals surface area contributed by atoms with Crippen molar-refractivity contribution in [2.45, 2.75) is 46.2 Å². The van der Waals surface area contributed by atoms with Gasteiger partial charge in [-0.15, -0.1) is 0 Å². The maximum absolute atomic E-state index is 13.4. The summed E-state index contributed by atoms with van der Waals surface area (Å²) in [6.45, 7) is 7.49. The predicted octanol–water partition coefficient (Wildman–Crippen LogP) is 3.18. The number of benzene rings is 1. The third kappa shape index (κ3) is 5.08. The second-order valence-corrected chi connectivity index (χ2v) is 8.39. The molecule has 1 amide bonds. The van der Waals surface area contributed by atoms with E-state index in [1.54, 1.807) is 6.92 Å². The van der Waals surface area contributed by atoms with E-state index >= 15 is 0 Å². The van der Waals surface area contributed by atoms with E-state index in [2.05, 4.69) is 5.32 Å². The summed E-state index contributed by atoms with van der Waals surface area (Å²) < 4.78 is 38.9. The molecule has 0 aromatic heterocycles. The van der Waals surface area contributed by atoms with Gasteiger partial charge in [-0.25, -0.2) is 12.8 Å². The third-order valence-corrected chi connectivity index (χ3v) is 5.33. The normalized spacial score (nSPS) is 14.3. The Labute approximate surface area is 148 Å². The number of nitrogens with zero attached hydrogens (tertiary/aromatic N) is 1. The van der Waals surface area contributed by atoms with Gasteiger partial charge in [0.15, 0.2) is 0 Å². The van der Waals surface area contributed by atoms with E-state index in [1.165, 1.54) is 12.1 Å². The number of hydrogen-bond donors (Lipinski definition) is 1. The van der Waals surface area contributed by atoms with Crippen LogP contribution in [0.15, 0.2) is 18.2 Å². The molecule has 0 unspecified atom stereocenters. The number of nitrogens with one attached hydrogen (secondary N) is 1. The van der Waals surface area contributed by atoms with Gasteiger partial charge in [0.1, 0.15) is 11.9 Å². The minimum absolute atomic E-state index is 0.107. The topological polar surface area (TPSA) is 66.5 Å². The monoisotopic (exact) mass is 378 g/mol. The second kappa shape index (κ2) is 8.16. The summed E-state index contributed by atoms with van der Waals surface area (Å²) in [5.74, 6) is -0.845. The lowest BCUT2D eigenvalue weighted by molar-refractivity contribution is -0.123. The zero-order chi connectivity index (χ0) is 18.7. The zero-order valence-electron chi connectivity index (χ0n) is 14.5. The van der Waals surface area contributed by atoms with Gasteiger partial charge < -0.3 is 5.32 Å². The molecule has 0 heterocycles. The summed E-state index contributed by atoms with van der Waals surface area (Å²) in [6.07, 6.45) is 1.27. The van der Waals surface area contributed by atoms with Crippen LogP contribution in [0.2, 0.25) is 5.02 Å². The number of sulfonamides is 1. The third-order valence-electron chi connectivity index (χ3n) is 3.86. The molecule has 0 fully saturated rings. The number of anilines is 1. The van der Waals surface area contributed by atoms with Gasteiger partial charge in [0.05, 0.1) is 17.0 Å². The molecular weight excluding hydrogens is 355 g/mol. The second-order valence-electron chi connectivity index (χ2n) is 6.12. The Hall–Kier alpha value is -1.34. The van der Waals surface area contributed by atoms with Crippen LogP contribution in [-0.2, 0) is 14.8 Å². The Morgan fingerprint density at radius 3 is 2.33 bits per heavy atom. The summed E-state index contributed by atoms with van der Waals surface area (Å²) in [4.78, 5) is 12.6. The van der Waals surface area contributed by atoms with Gasteiger partial charge in [0.2, 0.25) is 15.9 Å². The zero-order valence-corrected chi connectivity index (χ0v) is 16.1. The van der Waals surface area contributed by atoms with Crippen LogP contribution in [0.5, 0.6) is 0 Å². The highest BCUT2D eigenvalue weighted by atomic mass is 35.5. The number of halogens is 2. The molecule has 0 bridgehead atoms. The van der Waals surface area contributed by atoms with Gasteiger partial charge in [-0.1, -0.05) is 32.4 Å². The van der Waals surface area contributed by atoms with E-state index in [-0.39, 0.29) is 29.1 Å². The van der Waals surface area contributed by atoms with Gasteiger partial charge >= 0.3 is 0 Å². The minimum atomic E-state index is -3.77. The fourth-order valence-electron chi connectivity index (χ4n) is 2.17. The van der Waals surface area contributed by atoms with Crippen LogP contribution in [0.4, 0.5) is 10.1 Å². The number of rotatable bonds is 7. The molecule has 0 aliphatic heterocycles. The maximum Gasteiger partial charge on any atom is 0.244 e. The lowest BCUT2D eigenvalue weighted by Crippen LogP contribution is -2.52. The number of carbonyl (C=O) groups is 1. The lowest BCUT2D eigenvalue weighted by Gasteiger charge is -2.31. The molecular formula is C16H24ClFN2O3S. The highest BCUT2D eigenvalue weighted by Gasteiger charge is 2.32. The average molecular weight is 379 g/mol. The molecule has 8 heteroatoms. The summed E-state index contributed by atoms with van der Waals surface area (Å²) >= 11 is 5.76. The van der Waals surface area contributed by atoms with E-state index in [9.17, 15) is 17.6 Å². The van der Waals surface area contributed by atoms with E-state index in [4.69, 9.17) is 11.6 Å². The molecule has 1 aromatic rings. The molecule has 1 N–H and O–H groups in total. The smallest absolute Gasteiger partial charge is 0.244 e. The fraction of sp³-hybridized carbons (Fsp3) is 0.562. The van der Waals surface area contributed by atoms with Crippen LogP contribution >= 0.6 is 11.6 Å². The molecule has 24 heavy (non-hydrogen) atoms. The van der Waals surface area contributed by atoms with E-state index < -0.39 is 27.8 Å². The average Bonchev–Trinajstić information content (AvgIpc) is 2.46. The number of carbonyl (C=O) groups excluding carboxylic acids is 1. The summed E-state index contributed by atoms with van der Waals surface area (Å²) in [5.41, 5.74) is 0.156. The molecule has 1 rings (SSSR count). The molecule has 1 aromatic carbocycles. The Kier molecular flexibility index (Phi) is 7.04. The molecule has 0 aliphatic carbocycles. The predicted molar refractivity (Wildman–Crippen MR) is 95.3 cm³/mol. The van der Waals surface area contributed by atoms with Gasteiger partial charge in [0.25, 0.3) is 0 Å². The van der Waals surface area contributed by atoms with Crippen molar-refractivity contribution in [2.75, 3.05) is 10.6 Å². The van der Waals surface area contributed by atoms with Crippen LogP contribution in [0.25, 0.3) is 0 Å². The molecule has 0 radical (unpaired) electrons. The first-order chi connectivity index (χ1) is 11.0. The highest BCUT2D eigenvalue weighted by molar-refractivity contribution is 7.92. The van der Waals surface area contributed by atoms with Crippen LogP contribution in [-0.4, -0.2) is 32.7 Å². The van der Waals surface area contributed by atoms with Crippen LogP contribution in [0, 0.1) is 11.7 Å². The van der Waals surface area contributed by atoms with Crippen LogP contribution in [0.1, 0.15) is 34.1 Å². The number of hydrogen-bond acceptors (Lipinski definition) is 3. The molecule has 136 valence electrons. The molecule has 0 aliphatic rings. The van der Waals surface area contributed by atoms with Crippen molar-refractivity contribution in [1.82, 2.24) is 5.32 Å². The minimum Gasteiger partial charge on any atom is -0.352 e.